The van der Waals surface area contributed by atoms with Gasteiger partial charge in [0.1, 0.15) is 15.1 Å². The van der Waals surface area contributed by atoms with Crippen LogP contribution in [0.15, 0.2) is 46.0 Å². The number of pyridine rings is 1. The highest BCUT2D eigenvalue weighted by Gasteiger charge is 2.45. The number of anilines is 1. The maximum absolute atomic E-state index is 13.2. The maximum Gasteiger partial charge on any atom is 0.586 e. The number of fused-ring (bicyclic) bond motifs is 2. The van der Waals surface area contributed by atoms with E-state index in [1.165, 1.54) is 24.4 Å². The lowest BCUT2D eigenvalue weighted by molar-refractivity contribution is -0.286. The van der Waals surface area contributed by atoms with Crippen LogP contribution in [-0.2, 0) is 10.0 Å². The molecule has 2 N–H and O–H groups in total. The average molecular weight is 432 g/mol. The summed E-state index contributed by atoms with van der Waals surface area (Å²) in [5, 5.41) is 0.353. The van der Waals surface area contributed by atoms with Gasteiger partial charge in [-0.15, -0.1) is 8.78 Å². The average Bonchev–Trinajstić information content (AvgIpc) is 3.06. The first-order chi connectivity index (χ1) is 11.8. The van der Waals surface area contributed by atoms with Gasteiger partial charge < -0.3 is 14.5 Å². The molecule has 0 saturated heterocycles. The summed E-state index contributed by atoms with van der Waals surface area (Å²) in [5.74, 6) is -0.633. The molecule has 0 bridgehead atoms. The quantitative estimate of drug-likeness (QED) is 0.619. The number of nitrogens with zero attached hydrogens (tertiary/aromatic N) is 1. The van der Waals surface area contributed by atoms with Crippen LogP contribution in [0, 0.1) is 0 Å². The second-order valence-corrected chi connectivity index (χ2v) is 7.55. The highest BCUT2D eigenvalue weighted by molar-refractivity contribution is 9.10. The first-order valence-corrected chi connectivity index (χ1v) is 9.08. The maximum atomic E-state index is 13.2. The molecule has 0 amide bonds. The van der Waals surface area contributed by atoms with Gasteiger partial charge in [0.15, 0.2) is 11.5 Å². The summed E-state index contributed by atoms with van der Waals surface area (Å²) in [4.78, 5) is 6.79. The van der Waals surface area contributed by atoms with Gasteiger partial charge in [-0.3, -0.25) is 4.72 Å². The fourth-order valence-electron chi connectivity index (χ4n) is 2.43. The van der Waals surface area contributed by atoms with E-state index < -0.39 is 16.3 Å². The van der Waals surface area contributed by atoms with Crippen LogP contribution >= 0.6 is 15.9 Å². The molecule has 2 aromatic heterocycles. The SMILES string of the molecule is O=S(=O)(Nc1cccc2c1OC(F)(F)O2)c1c[nH]c2nc(Br)ccc12. The molecule has 25 heavy (non-hydrogen) atoms. The Kier molecular flexibility index (Phi) is 3.41. The van der Waals surface area contributed by atoms with Gasteiger partial charge in [0.2, 0.25) is 0 Å². The summed E-state index contributed by atoms with van der Waals surface area (Å²) in [6.45, 7) is 0. The number of hydrogen-bond donors (Lipinski definition) is 2. The largest absolute Gasteiger partial charge is 0.586 e. The number of alkyl halides is 2. The van der Waals surface area contributed by atoms with Crippen molar-refractivity contribution in [2.75, 3.05) is 4.72 Å². The molecule has 0 spiro atoms. The number of benzene rings is 1. The molecular formula is C14H8BrF2N3O4S. The smallest absolute Gasteiger partial charge is 0.395 e. The third kappa shape index (κ3) is 2.78. The van der Waals surface area contributed by atoms with Gasteiger partial charge in [-0.05, 0) is 40.2 Å². The fourth-order valence-corrected chi connectivity index (χ4v) is 3.97. The van der Waals surface area contributed by atoms with E-state index in [4.69, 9.17) is 0 Å². The van der Waals surface area contributed by atoms with Crippen LogP contribution in [0.4, 0.5) is 14.5 Å². The zero-order valence-electron chi connectivity index (χ0n) is 12.1. The van der Waals surface area contributed by atoms with E-state index >= 15 is 0 Å². The number of hydrogen-bond acceptors (Lipinski definition) is 5. The minimum Gasteiger partial charge on any atom is -0.395 e. The van der Waals surface area contributed by atoms with E-state index in [9.17, 15) is 17.2 Å². The lowest BCUT2D eigenvalue weighted by Gasteiger charge is -2.10. The Balaban J connectivity index is 1.75. The third-order valence-corrected chi connectivity index (χ3v) is 5.28. The Morgan fingerprint density at radius 1 is 1.20 bits per heavy atom. The lowest BCUT2D eigenvalue weighted by atomic mass is 10.3. The number of aromatic amines is 1. The molecule has 7 nitrogen and oxygen atoms in total. The molecule has 0 atom stereocenters. The normalized spacial score (nSPS) is 15.5. The Labute approximate surface area is 148 Å². The molecule has 4 rings (SSSR count). The third-order valence-electron chi connectivity index (χ3n) is 3.43. The molecule has 130 valence electrons. The van der Waals surface area contributed by atoms with Gasteiger partial charge >= 0.3 is 6.29 Å². The molecule has 0 fully saturated rings. The summed E-state index contributed by atoms with van der Waals surface area (Å²) in [7, 11) is -4.09. The molecule has 11 heteroatoms. The second kappa shape index (κ2) is 5.30. The molecule has 1 aliphatic heterocycles. The Bertz CT molecular complexity index is 1100. The van der Waals surface area contributed by atoms with Crippen molar-refractivity contribution in [2.45, 2.75) is 11.2 Å². The van der Waals surface area contributed by atoms with E-state index in [1.807, 2.05) is 0 Å². The van der Waals surface area contributed by atoms with Gasteiger partial charge in [0, 0.05) is 11.6 Å². The molecule has 0 aliphatic carbocycles. The van der Waals surface area contributed by atoms with Crippen molar-refractivity contribution in [1.29, 1.82) is 0 Å². The second-order valence-electron chi connectivity index (χ2n) is 5.09. The van der Waals surface area contributed by atoms with Crippen molar-refractivity contribution in [3.63, 3.8) is 0 Å². The van der Waals surface area contributed by atoms with Crippen LogP contribution in [0.25, 0.3) is 11.0 Å². The number of ether oxygens (including phenoxy) is 2. The van der Waals surface area contributed by atoms with E-state index in [0.717, 1.165) is 0 Å². The van der Waals surface area contributed by atoms with E-state index in [0.29, 0.717) is 15.6 Å². The number of aromatic nitrogens is 2. The molecule has 1 aromatic carbocycles. The van der Waals surface area contributed by atoms with Gasteiger partial charge in [0.05, 0.1) is 5.69 Å². The van der Waals surface area contributed by atoms with Gasteiger partial charge in [-0.25, -0.2) is 13.4 Å². The highest BCUT2D eigenvalue weighted by atomic mass is 79.9. The van der Waals surface area contributed by atoms with Gasteiger partial charge in [-0.1, -0.05) is 6.07 Å². The Morgan fingerprint density at radius 3 is 2.80 bits per heavy atom. The molecule has 0 unspecified atom stereocenters. The van der Waals surface area contributed by atoms with Gasteiger partial charge in [-0.2, -0.15) is 0 Å². The van der Waals surface area contributed by atoms with E-state index in [2.05, 4.69) is 40.1 Å². The Hall–Kier alpha value is -2.40. The summed E-state index contributed by atoms with van der Waals surface area (Å²) in [6, 6.07) is 7.08. The molecule has 1 aliphatic rings. The number of rotatable bonds is 3. The monoisotopic (exact) mass is 431 g/mol. The predicted octanol–water partition coefficient (Wildman–Crippen LogP) is 3.45. The van der Waals surface area contributed by atoms with E-state index in [1.54, 1.807) is 12.1 Å². The van der Waals surface area contributed by atoms with Crippen LogP contribution in [0.1, 0.15) is 0 Å². The molecule has 0 saturated carbocycles. The Morgan fingerprint density at radius 2 is 2.00 bits per heavy atom. The van der Waals surface area contributed by atoms with Crippen LogP contribution in [0.3, 0.4) is 0 Å². The lowest BCUT2D eigenvalue weighted by Crippen LogP contribution is -2.26. The van der Waals surface area contributed by atoms with Crippen LogP contribution in [-0.4, -0.2) is 24.7 Å². The standard InChI is InChI=1S/C14H8BrF2N3O4S/c15-11-5-4-7-10(6-18-13(7)19-11)25(21,22)20-8-2-1-3-9-12(8)24-14(16,17)23-9/h1-6,20H,(H,18,19). The van der Waals surface area contributed by atoms with Crippen molar-refractivity contribution in [2.24, 2.45) is 0 Å². The fraction of sp³-hybridized carbons (Fsp3) is 0.0714. The van der Waals surface area contributed by atoms with Crippen molar-refractivity contribution >= 4 is 42.7 Å². The molecule has 3 heterocycles. The summed E-state index contributed by atoms with van der Waals surface area (Å²) < 4.78 is 63.3. The summed E-state index contributed by atoms with van der Waals surface area (Å²) in [5.41, 5.74) is 0.202. The number of para-hydroxylation sites is 1. The summed E-state index contributed by atoms with van der Waals surface area (Å²) in [6.07, 6.45) is -2.58. The number of H-pyrrole nitrogens is 1. The highest BCUT2D eigenvalue weighted by Crippen LogP contribution is 2.46. The number of nitrogens with one attached hydrogen (secondary N) is 2. The minimum atomic E-state index is -4.09. The van der Waals surface area contributed by atoms with Crippen molar-refractivity contribution in [3.05, 3.63) is 41.1 Å². The first kappa shape index (κ1) is 16.1. The van der Waals surface area contributed by atoms with Crippen molar-refractivity contribution in [3.8, 4) is 11.5 Å². The minimum absolute atomic E-state index is 0.0780. The topological polar surface area (TPSA) is 93.3 Å². The first-order valence-electron chi connectivity index (χ1n) is 6.80. The molecule has 0 radical (unpaired) electrons. The predicted molar refractivity (Wildman–Crippen MR) is 87.2 cm³/mol. The van der Waals surface area contributed by atoms with Gasteiger partial charge in [0.25, 0.3) is 10.0 Å². The van der Waals surface area contributed by atoms with Crippen LogP contribution in [0.2, 0.25) is 0 Å². The van der Waals surface area contributed by atoms with Crippen molar-refractivity contribution < 1.29 is 26.7 Å². The zero-order chi connectivity index (χ0) is 17.8. The molecular weight excluding hydrogens is 424 g/mol. The zero-order valence-corrected chi connectivity index (χ0v) is 14.5. The van der Waals surface area contributed by atoms with Crippen LogP contribution in [0.5, 0.6) is 11.5 Å². The van der Waals surface area contributed by atoms with Crippen LogP contribution < -0.4 is 14.2 Å². The number of halogens is 3. The van der Waals surface area contributed by atoms with E-state index in [-0.39, 0.29) is 22.1 Å². The van der Waals surface area contributed by atoms with Crippen molar-refractivity contribution in [1.82, 2.24) is 9.97 Å². The number of sulfonamides is 1. The molecule has 3 aromatic rings. The summed E-state index contributed by atoms with van der Waals surface area (Å²) >= 11 is 3.19.